The largest absolute Gasteiger partial charge is 0.497 e. The van der Waals surface area contributed by atoms with Crippen molar-refractivity contribution in [2.24, 2.45) is 17.8 Å². The number of rotatable bonds is 5. The standard InChI is InChI=1S/C22H27NO2/c1-23(22(24)13-20-10-15-3-5-18(20)9-15)14-16-4-6-19-12-21(25-2)8-7-17(19)11-16/h4,6-8,11-12,15,18,20H,3,5,9-10,13-14H2,1-2H3/t15-,18+,20+/m0/s1. The SMILES string of the molecule is COc1ccc2cc(CN(C)C(=O)C[C@H]3C[C@H]4CC[C@@H]3C4)ccc2c1. The normalized spacial score (nSPS) is 24.6. The molecule has 0 aliphatic heterocycles. The van der Waals surface area contributed by atoms with Crippen LogP contribution in [0.2, 0.25) is 0 Å². The Morgan fingerprint density at radius 1 is 1.12 bits per heavy atom. The second-order valence-corrected chi connectivity index (χ2v) is 7.94. The van der Waals surface area contributed by atoms with Crippen LogP contribution >= 0.6 is 0 Å². The highest BCUT2D eigenvalue weighted by Gasteiger charge is 2.40. The summed E-state index contributed by atoms with van der Waals surface area (Å²) < 4.78 is 5.28. The van der Waals surface area contributed by atoms with Crippen molar-refractivity contribution >= 4 is 16.7 Å². The third-order valence-corrected chi connectivity index (χ3v) is 6.28. The van der Waals surface area contributed by atoms with Gasteiger partial charge in [-0.25, -0.2) is 0 Å². The van der Waals surface area contributed by atoms with Crippen molar-refractivity contribution in [3.05, 3.63) is 42.0 Å². The molecule has 0 radical (unpaired) electrons. The molecular weight excluding hydrogens is 310 g/mol. The van der Waals surface area contributed by atoms with Gasteiger partial charge in [-0.2, -0.15) is 0 Å². The first kappa shape index (κ1) is 16.4. The number of methoxy groups -OCH3 is 1. The average molecular weight is 337 g/mol. The third-order valence-electron chi connectivity index (χ3n) is 6.28. The lowest BCUT2D eigenvalue weighted by Gasteiger charge is -2.24. The number of carbonyl (C=O) groups is 1. The molecule has 2 aliphatic carbocycles. The van der Waals surface area contributed by atoms with Crippen LogP contribution in [0.4, 0.5) is 0 Å². The molecule has 1 amide bonds. The second kappa shape index (κ2) is 6.70. The first-order chi connectivity index (χ1) is 12.1. The summed E-state index contributed by atoms with van der Waals surface area (Å²) in [5.41, 5.74) is 1.18. The van der Waals surface area contributed by atoms with Gasteiger partial charge < -0.3 is 9.64 Å². The summed E-state index contributed by atoms with van der Waals surface area (Å²) in [5.74, 6) is 3.53. The van der Waals surface area contributed by atoms with Gasteiger partial charge in [0, 0.05) is 20.0 Å². The van der Waals surface area contributed by atoms with E-state index in [1.54, 1.807) is 7.11 Å². The molecule has 2 aromatic carbocycles. The Hall–Kier alpha value is -2.03. The Balaban J connectivity index is 1.40. The maximum Gasteiger partial charge on any atom is 0.222 e. The van der Waals surface area contributed by atoms with E-state index in [4.69, 9.17) is 4.74 Å². The Kier molecular flexibility index (Phi) is 4.41. The smallest absolute Gasteiger partial charge is 0.222 e. The molecule has 0 aromatic heterocycles. The quantitative estimate of drug-likeness (QED) is 0.796. The number of ether oxygens (including phenoxy) is 1. The maximum atomic E-state index is 12.6. The maximum absolute atomic E-state index is 12.6. The highest BCUT2D eigenvalue weighted by molar-refractivity contribution is 5.84. The lowest BCUT2D eigenvalue weighted by Crippen LogP contribution is -2.29. The number of amides is 1. The molecule has 4 rings (SSSR count). The van der Waals surface area contributed by atoms with Crippen LogP contribution in [0.25, 0.3) is 10.8 Å². The Morgan fingerprint density at radius 3 is 2.64 bits per heavy atom. The van der Waals surface area contributed by atoms with Crippen molar-refractivity contribution < 1.29 is 9.53 Å². The molecule has 0 N–H and O–H groups in total. The molecule has 2 fully saturated rings. The summed E-state index contributed by atoms with van der Waals surface area (Å²) >= 11 is 0. The molecule has 3 atom stereocenters. The molecule has 0 heterocycles. The zero-order chi connectivity index (χ0) is 17.4. The molecule has 3 heteroatoms. The number of benzene rings is 2. The molecule has 132 valence electrons. The summed E-state index contributed by atoms with van der Waals surface area (Å²) in [5, 5.41) is 2.35. The molecule has 25 heavy (non-hydrogen) atoms. The summed E-state index contributed by atoms with van der Waals surface area (Å²) in [6, 6.07) is 12.5. The molecular formula is C22H27NO2. The van der Waals surface area contributed by atoms with Gasteiger partial charge in [0.1, 0.15) is 5.75 Å². The van der Waals surface area contributed by atoms with E-state index in [0.29, 0.717) is 18.4 Å². The summed E-state index contributed by atoms with van der Waals surface area (Å²) in [6.45, 7) is 0.682. The van der Waals surface area contributed by atoms with Crippen molar-refractivity contribution in [3.8, 4) is 5.75 Å². The number of fused-ring (bicyclic) bond motifs is 3. The van der Waals surface area contributed by atoms with E-state index in [0.717, 1.165) is 24.0 Å². The molecule has 0 saturated heterocycles. The molecule has 2 aliphatic rings. The van der Waals surface area contributed by atoms with Gasteiger partial charge in [-0.3, -0.25) is 4.79 Å². The lowest BCUT2D eigenvalue weighted by atomic mass is 9.86. The van der Waals surface area contributed by atoms with Gasteiger partial charge in [0.25, 0.3) is 0 Å². The predicted octanol–water partition coefficient (Wildman–Crippen LogP) is 4.63. The predicted molar refractivity (Wildman–Crippen MR) is 101 cm³/mol. The summed E-state index contributed by atoms with van der Waals surface area (Å²) in [6.07, 6.45) is 6.13. The van der Waals surface area contributed by atoms with E-state index < -0.39 is 0 Å². The van der Waals surface area contributed by atoms with E-state index in [1.807, 2.05) is 24.1 Å². The number of nitrogens with zero attached hydrogens (tertiary/aromatic N) is 1. The molecule has 2 bridgehead atoms. The Bertz CT molecular complexity index is 785. The fourth-order valence-electron chi connectivity index (χ4n) is 4.87. The summed E-state index contributed by atoms with van der Waals surface area (Å²) in [7, 11) is 3.63. The number of carbonyl (C=O) groups excluding carboxylic acids is 1. The molecule has 3 nitrogen and oxygen atoms in total. The van der Waals surface area contributed by atoms with Crippen molar-refractivity contribution in [1.29, 1.82) is 0 Å². The van der Waals surface area contributed by atoms with Crippen LogP contribution in [0, 0.1) is 17.8 Å². The molecule has 2 aromatic rings. The zero-order valence-corrected chi connectivity index (χ0v) is 15.2. The fraction of sp³-hybridized carbons (Fsp3) is 0.500. The number of hydrogen-bond acceptors (Lipinski definition) is 2. The van der Waals surface area contributed by atoms with Crippen molar-refractivity contribution in [2.75, 3.05) is 14.2 Å². The molecule has 0 unspecified atom stereocenters. The van der Waals surface area contributed by atoms with Crippen molar-refractivity contribution in [1.82, 2.24) is 4.90 Å². The van der Waals surface area contributed by atoms with Crippen LogP contribution in [0.15, 0.2) is 36.4 Å². The highest BCUT2D eigenvalue weighted by atomic mass is 16.5. The van der Waals surface area contributed by atoms with Gasteiger partial charge in [-0.05, 0) is 71.6 Å². The lowest BCUT2D eigenvalue weighted by molar-refractivity contribution is -0.131. The van der Waals surface area contributed by atoms with Crippen LogP contribution in [0.5, 0.6) is 5.75 Å². The van der Waals surface area contributed by atoms with Crippen molar-refractivity contribution in [3.63, 3.8) is 0 Å². The van der Waals surface area contributed by atoms with Gasteiger partial charge >= 0.3 is 0 Å². The van der Waals surface area contributed by atoms with Gasteiger partial charge in [0.2, 0.25) is 5.91 Å². The third kappa shape index (κ3) is 3.37. The van der Waals surface area contributed by atoms with Crippen molar-refractivity contribution in [2.45, 2.75) is 38.6 Å². The van der Waals surface area contributed by atoms with Crippen LogP contribution in [-0.4, -0.2) is 25.0 Å². The van der Waals surface area contributed by atoms with E-state index in [2.05, 4.69) is 24.3 Å². The number of hydrogen-bond donors (Lipinski definition) is 0. The monoisotopic (exact) mass is 337 g/mol. The topological polar surface area (TPSA) is 29.5 Å². The molecule has 2 saturated carbocycles. The van der Waals surface area contributed by atoms with Gasteiger partial charge in [0.05, 0.1) is 7.11 Å². The van der Waals surface area contributed by atoms with E-state index in [-0.39, 0.29) is 0 Å². The Labute approximate surface area is 150 Å². The minimum atomic E-state index is 0.298. The van der Waals surface area contributed by atoms with E-state index in [1.165, 1.54) is 42.0 Å². The highest BCUT2D eigenvalue weighted by Crippen LogP contribution is 2.49. The van der Waals surface area contributed by atoms with Gasteiger partial charge in [-0.1, -0.05) is 24.6 Å². The van der Waals surface area contributed by atoms with Crippen LogP contribution in [0.1, 0.15) is 37.7 Å². The van der Waals surface area contributed by atoms with Crippen LogP contribution in [0.3, 0.4) is 0 Å². The second-order valence-electron chi connectivity index (χ2n) is 7.94. The van der Waals surface area contributed by atoms with Gasteiger partial charge in [-0.15, -0.1) is 0 Å². The Morgan fingerprint density at radius 2 is 1.92 bits per heavy atom. The average Bonchev–Trinajstić information content (AvgIpc) is 3.24. The molecule has 0 spiro atoms. The van der Waals surface area contributed by atoms with Crippen LogP contribution < -0.4 is 4.74 Å². The fourth-order valence-corrected chi connectivity index (χ4v) is 4.87. The zero-order valence-electron chi connectivity index (χ0n) is 15.2. The summed E-state index contributed by atoms with van der Waals surface area (Å²) in [4.78, 5) is 14.5. The van der Waals surface area contributed by atoms with Gasteiger partial charge in [0.15, 0.2) is 0 Å². The minimum Gasteiger partial charge on any atom is -0.497 e. The minimum absolute atomic E-state index is 0.298. The van der Waals surface area contributed by atoms with Crippen LogP contribution in [-0.2, 0) is 11.3 Å². The van der Waals surface area contributed by atoms with E-state index >= 15 is 0 Å². The first-order valence-electron chi connectivity index (χ1n) is 9.43. The van der Waals surface area contributed by atoms with E-state index in [9.17, 15) is 4.79 Å². The first-order valence-corrected chi connectivity index (χ1v) is 9.43.